The lowest BCUT2D eigenvalue weighted by Gasteiger charge is -2.19. The number of rotatable bonds is 6. The maximum absolute atomic E-state index is 12.4. The van der Waals surface area contributed by atoms with Crippen molar-refractivity contribution in [2.75, 3.05) is 18.0 Å². The number of carbonyl (C=O) groups excluding carboxylic acids is 1. The summed E-state index contributed by atoms with van der Waals surface area (Å²) >= 11 is 2.92. The van der Waals surface area contributed by atoms with Gasteiger partial charge in [-0.15, -0.1) is 11.3 Å². The van der Waals surface area contributed by atoms with E-state index < -0.39 is 12.0 Å². The van der Waals surface area contributed by atoms with Crippen LogP contribution in [0.3, 0.4) is 0 Å². The van der Waals surface area contributed by atoms with Crippen molar-refractivity contribution in [3.8, 4) is 0 Å². The second-order valence-corrected chi connectivity index (χ2v) is 8.19. The number of anilines is 1. The summed E-state index contributed by atoms with van der Waals surface area (Å²) in [6.45, 7) is 5.83. The van der Waals surface area contributed by atoms with Crippen molar-refractivity contribution in [3.63, 3.8) is 0 Å². The van der Waals surface area contributed by atoms with E-state index in [2.05, 4.69) is 15.2 Å². The highest BCUT2D eigenvalue weighted by atomic mass is 32.1. The molecule has 0 saturated carbocycles. The molecule has 1 aliphatic rings. The molecule has 1 saturated heterocycles. The third-order valence-corrected chi connectivity index (χ3v) is 6.66. The Hall–Kier alpha value is -1.67. The van der Waals surface area contributed by atoms with Crippen LogP contribution in [-0.4, -0.2) is 41.1 Å². The highest BCUT2D eigenvalue weighted by molar-refractivity contribution is 7.29. The van der Waals surface area contributed by atoms with E-state index in [1.165, 1.54) is 24.2 Å². The molecule has 0 aromatic carbocycles. The smallest absolute Gasteiger partial charge is 0.326 e. The maximum atomic E-state index is 12.4. The van der Waals surface area contributed by atoms with E-state index in [1.807, 2.05) is 19.9 Å². The minimum atomic E-state index is -0.995. The Morgan fingerprint density at radius 3 is 2.67 bits per heavy atom. The van der Waals surface area contributed by atoms with Crippen molar-refractivity contribution >= 4 is 49.2 Å². The Kier molecular flexibility index (Phi) is 5.05. The van der Waals surface area contributed by atoms with Crippen LogP contribution in [0.15, 0.2) is 6.07 Å². The van der Waals surface area contributed by atoms with Crippen LogP contribution in [0.5, 0.6) is 0 Å². The molecule has 2 aromatic rings. The van der Waals surface area contributed by atoms with Crippen LogP contribution in [0.2, 0.25) is 0 Å². The minimum Gasteiger partial charge on any atom is -0.480 e. The summed E-state index contributed by atoms with van der Waals surface area (Å²) in [5.74, 6) is -1.45. The van der Waals surface area contributed by atoms with E-state index >= 15 is 0 Å². The molecule has 3 heterocycles. The molecular weight excluding hydrogens is 346 g/mol. The van der Waals surface area contributed by atoms with E-state index in [4.69, 9.17) is 0 Å². The van der Waals surface area contributed by atoms with Gasteiger partial charge in [0, 0.05) is 13.1 Å². The van der Waals surface area contributed by atoms with Crippen LogP contribution in [-0.2, 0) is 4.79 Å². The number of fused-ring (bicyclic) bond motifs is 1. The van der Waals surface area contributed by atoms with Gasteiger partial charge in [-0.25, -0.2) is 9.78 Å². The summed E-state index contributed by atoms with van der Waals surface area (Å²) in [5, 5.41) is 13.0. The van der Waals surface area contributed by atoms with Gasteiger partial charge in [0.1, 0.15) is 10.9 Å². The molecule has 0 radical (unpaired) electrons. The molecule has 2 atom stereocenters. The van der Waals surface area contributed by atoms with Crippen LogP contribution in [0.1, 0.15) is 42.8 Å². The molecule has 2 N–H and O–H groups in total. The van der Waals surface area contributed by atoms with Gasteiger partial charge in [-0.05, 0) is 24.8 Å². The van der Waals surface area contributed by atoms with Crippen LogP contribution < -0.4 is 10.2 Å². The first kappa shape index (κ1) is 17.2. The van der Waals surface area contributed by atoms with Gasteiger partial charge in [0.15, 0.2) is 5.13 Å². The third kappa shape index (κ3) is 3.39. The number of thiazole rings is 1. The van der Waals surface area contributed by atoms with Crippen LogP contribution >= 0.6 is 22.7 Å². The molecule has 130 valence electrons. The topological polar surface area (TPSA) is 82.5 Å². The lowest BCUT2D eigenvalue weighted by atomic mass is 9.99. The quantitative estimate of drug-likeness (QED) is 0.819. The summed E-state index contributed by atoms with van der Waals surface area (Å²) in [6, 6.07) is 0.956. The average Bonchev–Trinajstić information content (AvgIpc) is 3.25. The number of carboxylic acid groups (broad SMARTS) is 1. The Morgan fingerprint density at radius 1 is 1.38 bits per heavy atom. The lowest BCUT2D eigenvalue weighted by molar-refractivity contribution is -0.140. The highest BCUT2D eigenvalue weighted by Crippen LogP contribution is 2.35. The molecule has 0 aliphatic carbocycles. The highest BCUT2D eigenvalue weighted by Gasteiger charge is 2.27. The Bertz CT molecular complexity index is 717. The number of thiophene rings is 1. The predicted molar refractivity (Wildman–Crippen MR) is 97.3 cm³/mol. The van der Waals surface area contributed by atoms with Crippen molar-refractivity contribution in [3.05, 3.63) is 10.9 Å². The lowest BCUT2D eigenvalue weighted by Crippen LogP contribution is -2.44. The fourth-order valence-corrected chi connectivity index (χ4v) is 4.94. The zero-order valence-electron chi connectivity index (χ0n) is 13.7. The van der Waals surface area contributed by atoms with Gasteiger partial charge in [-0.3, -0.25) is 4.79 Å². The van der Waals surface area contributed by atoms with E-state index in [9.17, 15) is 14.7 Å². The molecule has 8 heteroatoms. The molecule has 3 rings (SSSR count). The zero-order valence-corrected chi connectivity index (χ0v) is 15.4. The minimum absolute atomic E-state index is 0.118. The second-order valence-electron chi connectivity index (χ2n) is 6.15. The van der Waals surface area contributed by atoms with Gasteiger partial charge in [-0.1, -0.05) is 31.6 Å². The van der Waals surface area contributed by atoms with Crippen LogP contribution in [0.4, 0.5) is 5.13 Å². The number of aromatic nitrogens is 1. The van der Waals surface area contributed by atoms with Gasteiger partial charge in [0.25, 0.3) is 5.91 Å². The SMILES string of the molecule is CC[C@H](C)[C@H](NC(=O)c1cc2sc(N3CCCC3)nc2s1)C(=O)O. The molecular formula is C16H21N3O3S2. The molecule has 0 spiro atoms. The normalized spacial score (nSPS) is 17.2. The first-order valence-corrected chi connectivity index (χ1v) is 9.82. The first-order chi connectivity index (χ1) is 11.5. The number of hydrogen-bond donors (Lipinski definition) is 2. The van der Waals surface area contributed by atoms with Crippen molar-refractivity contribution in [2.45, 2.75) is 39.2 Å². The standard InChI is InChI=1S/C16H21N3O3S2/c1-3-9(2)12(15(21)22)17-13(20)10-8-11-14(23-10)18-16(24-11)19-6-4-5-7-19/h8-9,12H,3-7H2,1-2H3,(H,17,20)(H,21,22)/t9-,12-/m0/s1. The number of nitrogens with one attached hydrogen (secondary N) is 1. The zero-order chi connectivity index (χ0) is 17.3. The molecule has 2 aromatic heterocycles. The van der Waals surface area contributed by atoms with E-state index in [0.29, 0.717) is 11.3 Å². The average molecular weight is 367 g/mol. The summed E-state index contributed by atoms with van der Waals surface area (Å²) in [6.07, 6.45) is 3.09. The Labute approximate surface area is 148 Å². The molecule has 0 bridgehead atoms. The molecule has 1 fully saturated rings. The van der Waals surface area contributed by atoms with Gasteiger partial charge < -0.3 is 15.3 Å². The maximum Gasteiger partial charge on any atom is 0.326 e. The first-order valence-electron chi connectivity index (χ1n) is 8.18. The van der Waals surface area contributed by atoms with Gasteiger partial charge >= 0.3 is 5.97 Å². The monoisotopic (exact) mass is 367 g/mol. The van der Waals surface area contributed by atoms with Gasteiger partial charge in [0.2, 0.25) is 0 Å². The van der Waals surface area contributed by atoms with Gasteiger partial charge in [0.05, 0.1) is 9.58 Å². The molecule has 6 nitrogen and oxygen atoms in total. The number of nitrogens with zero attached hydrogens (tertiary/aromatic N) is 2. The Balaban J connectivity index is 1.75. The summed E-state index contributed by atoms with van der Waals surface area (Å²) in [4.78, 5) is 32.0. The van der Waals surface area contributed by atoms with E-state index in [0.717, 1.165) is 27.8 Å². The van der Waals surface area contributed by atoms with Crippen molar-refractivity contribution < 1.29 is 14.7 Å². The number of aliphatic carboxylic acids is 1. The summed E-state index contributed by atoms with van der Waals surface area (Å²) in [7, 11) is 0. The molecule has 24 heavy (non-hydrogen) atoms. The molecule has 1 aliphatic heterocycles. The predicted octanol–water partition coefficient (Wildman–Crippen LogP) is 3.19. The van der Waals surface area contributed by atoms with Gasteiger partial charge in [-0.2, -0.15) is 0 Å². The number of carbonyl (C=O) groups is 2. The number of amides is 1. The van der Waals surface area contributed by atoms with Crippen molar-refractivity contribution in [1.29, 1.82) is 0 Å². The van der Waals surface area contributed by atoms with Crippen LogP contribution in [0.25, 0.3) is 9.53 Å². The summed E-state index contributed by atoms with van der Waals surface area (Å²) < 4.78 is 0.988. The number of carboxylic acids is 1. The van der Waals surface area contributed by atoms with Crippen LogP contribution in [0, 0.1) is 5.92 Å². The van der Waals surface area contributed by atoms with Crippen molar-refractivity contribution in [2.24, 2.45) is 5.92 Å². The largest absolute Gasteiger partial charge is 0.480 e. The molecule has 1 amide bonds. The fraction of sp³-hybridized carbons (Fsp3) is 0.562. The third-order valence-electron chi connectivity index (χ3n) is 4.44. The molecule has 0 unspecified atom stereocenters. The summed E-state index contributed by atoms with van der Waals surface area (Å²) in [5.41, 5.74) is 0. The van der Waals surface area contributed by atoms with E-state index in [1.54, 1.807) is 11.3 Å². The second kappa shape index (κ2) is 7.06. The Morgan fingerprint density at radius 2 is 2.08 bits per heavy atom. The fourth-order valence-electron chi connectivity index (χ4n) is 2.77. The van der Waals surface area contributed by atoms with Crippen molar-refractivity contribution in [1.82, 2.24) is 10.3 Å². The van der Waals surface area contributed by atoms with E-state index in [-0.39, 0.29) is 11.8 Å². The number of hydrogen-bond acceptors (Lipinski definition) is 6.